The van der Waals surface area contributed by atoms with Gasteiger partial charge < -0.3 is 15.4 Å². The number of halogens is 1. The van der Waals surface area contributed by atoms with E-state index in [1.807, 2.05) is 24.3 Å². The zero-order valence-corrected chi connectivity index (χ0v) is 18.9. The Hall–Kier alpha value is -3.22. The molecule has 1 aliphatic rings. The maximum atomic E-state index is 6.45. The molecule has 0 unspecified atom stereocenters. The number of benzene rings is 2. The van der Waals surface area contributed by atoms with E-state index in [2.05, 4.69) is 41.0 Å². The van der Waals surface area contributed by atoms with Crippen LogP contribution in [-0.4, -0.2) is 33.4 Å². The Morgan fingerprint density at radius 2 is 2.06 bits per heavy atom. The lowest BCUT2D eigenvalue weighted by Gasteiger charge is -2.27. The molecule has 0 saturated heterocycles. The zero-order valence-electron chi connectivity index (χ0n) is 18.1. The molecule has 5 rings (SSSR count). The van der Waals surface area contributed by atoms with E-state index >= 15 is 0 Å². The number of pyridine rings is 1. The van der Waals surface area contributed by atoms with Crippen molar-refractivity contribution < 1.29 is 4.74 Å². The number of hydrogen-bond donors (Lipinski definition) is 1. The molecule has 6 nitrogen and oxygen atoms in total. The van der Waals surface area contributed by atoms with Gasteiger partial charge in [0.25, 0.3) is 5.88 Å². The predicted molar refractivity (Wildman–Crippen MR) is 128 cm³/mol. The Balaban J connectivity index is 1.46. The average molecular weight is 446 g/mol. The zero-order chi connectivity index (χ0) is 22.2. The van der Waals surface area contributed by atoms with Crippen LogP contribution >= 0.6 is 11.6 Å². The number of aromatic nitrogens is 3. The molecule has 0 aliphatic carbocycles. The van der Waals surface area contributed by atoms with Crippen molar-refractivity contribution in [3.05, 3.63) is 76.1 Å². The molecule has 1 aliphatic heterocycles. The van der Waals surface area contributed by atoms with Crippen LogP contribution in [-0.2, 0) is 19.6 Å². The number of nitrogens with zero attached hydrogens (tertiary/aromatic N) is 4. The normalized spacial score (nSPS) is 13.8. The van der Waals surface area contributed by atoms with Crippen LogP contribution < -0.4 is 10.5 Å². The molecule has 32 heavy (non-hydrogen) atoms. The molecule has 0 bridgehead atoms. The molecule has 0 spiro atoms. The third kappa shape index (κ3) is 3.87. The summed E-state index contributed by atoms with van der Waals surface area (Å²) >= 11 is 6.45. The highest BCUT2D eigenvalue weighted by atomic mass is 35.5. The summed E-state index contributed by atoms with van der Waals surface area (Å²) in [6.45, 7) is 4.40. The van der Waals surface area contributed by atoms with Gasteiger partial charge in [-0.3, -0.25) is 4.98 Å². The molecule has 7 heteroatoms. The molecule has 4 aromatic rings. The van der Waals surface area contributed by atoms with Gasteiger partial charge in [0.1, 0.15) is 6.61 Å². The number of nitrogens with two attached hydrogens (primary N) is 1. The average Bonchev–Trinajstić information content (AvgIpc) is 2.79. The second-order valence-electron chi connectivity index (χ2n) is 8.25. The van der Waals surface area contributed by atoms with E-state index in [1.165, 1.54) is 16.7 Å². The molecule has 0 amide bonds. The molecular weight excluding hydrogens is 422 g/mol. The summed E-state index contributed by atoms with van der Waals surface area (Å²) < 4.78 is 6.01. The second kappa shape index (κ2) is 8.37. The summed E-state index contributed by atoms with van der Waals surface area (Å²) in [5.41, 5.74) is 13.6. The maximum absolute atomic E-state index is 6.45. The van der Waals surface area contributed by atoms with Crippen LogP contribution in [0.25, 0.3) is 22.2 Å². The number of fused-ring (bicyclic) bond motifs is 2. The van der Waals surface area contributed by atoms with Crippen molar-refractivity contribution in [2.24, 2.45) is 0 Å². The first-order chi connectivity index (χ1) is 15.5. The molecule has 162 valence electrons. The standard InChI is InChI=1S/C25H24ClN5O/c1-15-10-16(11-17-13-31(2)9-7-18(15)17)23-12-29-24(27)25(30-23)32-14-20-19-4-3-8-28-22(19)6-5-21(20)26/h3-6,8,10-12H,7,9,13-14H2,1-2H3,(H2,27,29). The van der Waals surface area contributed by atoms with Crippen LogP contribution in [0.15, 0.2) is 48.8 Å². The number of hydrogen-bond acceptors (Lipinski definition) is 6. The van der Waals surface area contributed by atoms with Gasteiger partial charge in [-0.25, -0.2) is 9.97 Å². The molecule has 2 N–H and O–H groups in total. The summed E-state index contributed by atoms with van der Waals surface area (Å²) in [5, 5.41) is 1.56. The lowest BCUT2D eigenvalue weighted by Crippen LogP contribution is -2.27. The van der Waals surface area contributed by atoms with Gasteiger partial charge in [0.15, 0.2) is 5.82 Å². The minimum absolute atomic E-state index is 0.220. The summed E-state index contributed by atoms with van der Waals surface area (Å²) in [4.78, 5) is 15.8. The number of ether oxygens (including phenoxy) is 1. The molecule has 0 atom stereocenters. The van der Waals surface area contributed by atoms with Crippen LogP contribution in [0, 0.1) is 6.92 Å². The Morgan fingerprint density at radius 3 is 2.94 bits per heavy atom. The SMILES string of the molecule is Cc1cc(-c2cnc(N)c(OCc3c(Cl)ccc4ncccc34)n2)cc2c1CCN(C)C2. The van der Waals surface area contributed by atoms with Gasteiger partial charge in [-0.15, -0.1) is 0 Å². The smallest absolute Gasteiger partial charge is 0.258 e. The van der Waals surface area contributed by atoms with Crippen LogP contribution in [0.1, 0.15) is 22.3 Å². The van der Waals surface area contributed by atoms with Gasteiger partial charge >= 0.3 is 0 Å². The first-order valence-corrected chi connectivity index (χ1v) is 11.0. The Labute approximate surface area is 192 Å². The summed E-state index contributed by atoms with van der Waals surface area (Å²) in [6.07, 6.45) is 4.53. The number of likely N-dealkylation sites (N-methyl/N-ethyl adjacent to an activating group) is 1. The molecule has 2 aromatic heterocycles. The van der Waals surface area contributed by atoms with Crippen LogP contribution in [0.2, 0.25) is 5.02 Å². The van der Waals surface area contributed by atoms with E-state index < -0.39 is 0 Å². The molecule has 0 radical (unpaired) electrons. The lowest BCUT2D eigenvalue weighted by atomic mass is 9.92. The quantitative estimate of drug-likeness (QED) is 0.486. The van der Waals surface area contributed by atoms with Gasteiger partial charge in [0.2, 0.25) is 0 Å². The fourth-order valence-corrected chi connectivity index (χ4v) is 4.53. The summed E-state index contributed by atoms with van der Waals surface area (Å²) in [7, 11) is 2.15. The van der Waals surface area contributed by atoms with Crippen LogP contribution in [0.5, 0.6) is 5.88 Å². The van der Waals surface area contributed by atoms with Crippen molar-refractivity contribution in [2.75, 3.05) is 19.3 Å². The molecule has 3 heterocycles. The monoisotopic (exact) mass is 445 g/mol. The van der Waals surface area contributed by atoms with E-state index in [-0.39, 0.29) is 12.4 Å². The van der Waals surface area contributed by atoms with E-state index in [4.69, 9.17) is 27.1 Å². The number of nitrogen functional groups attached to an aromatic ring is 1. The maximum Gasteiger partial charge on any atom is 0.258 e. The molecule has 0 fully saturated rings. The Kier molecular flexibility index (Phi) is 5.41. The number of anilines is 1. The van der Waals surface area contributed by atoms with Crippen LogP contribution in [0.4, 0.5) is 5.82 Å². The number of rotatable bonds is 4. The van der Waals surface area contributed by atoms with Gasteiger partial charge in [-0.1, -0.05) is 17.7 Å². The third-order valence-electron chi connectivity index (χ3n) is 6.00. The van der Waals surface area contributed by atoms with Crippen molar-refractivity contribution in [3.63, 3.8) is 0 Å². The second-order valence-corrected chi connectivity index (χ2v) is 8.66. The predicted octanol–water partition coefficient (Wildman–Crippen LogP) is 4.80. The summed E-state index contributed by atoms with van der Waals surface area (Å²) in [6, 6.07) is 12.0. The van der Waals surface area contributed by atoms with Crippen molar-refractivity contribution in [3.8, 4) is 17.1 Å². The van der Waals surface area contributed by atoms with E-state index in [0.29, 0.717) is 10.9 Å². The first kappa shape index (κ1) is 20.7. The molecule has 0 saturated carbocycles. The Bertz CT molecular complexity index is 1320. The minimum Gasteiger partial charge on any atom is -0.470 e. The highest BCUT2D eigenvalue weighted by molar-refractivity contribution is 6.32. The highest BCUT2D eigenvalue weighted by Crippen LogP contribution is 2.31. The van der Waals surface area contributed by atoms with Gasteiger partial charge in [0, 0.05) is 40.8 Å². The van der Waals surface area contributed by atoms with Crippen molar-refractivity contribution in [1.29, 1.82) is 0 Å². The minimum atomic E-state index is 0.220. The first-order valence-electron chi connectivity index (χ1n) is 10.6. The fourth-order valence-electron chi connectivity index (χ4n) is 4.31. The van der Waals surface area contributed by atoms with E-state index in [1.54, 1.807) is 12.4 Å². The largest absolute Gasteiger partial charge is 0.470 e. The van der Waals surface area contributed by atoms with Gasteiger partial charge in [-0.05, 0) is 67.4 Å². The topological polar surface area (TPSA) is 77.2 Å². The highest BCUT2D eigenvalue weighted by Gasteiger charge is 2.18. The third-order valence-corrected chi connectivity index (χ3v) is 6.36. The van der Waals surface area contributed by atoms with Crippen molar-refractivity contribution >= 4 is 28.3 Å². The van der Waals surface area contributed by atoms with Crippen molar-refractivity contribution in [2.45, 2.75) is 26.5 Å². The summed E-state index contributed by atoms with van der Waals surface area (Å²) in [5.74, 6) is 0.546. The fraction of sp³-hybridized carbons (Fsp3) is 0.240. The van der Waals surface area contributed by atoms with E-state index in [9.17, 15) is 0 Å². The van der Waals surface area contributed by atoms with E-state index in [0.717, 1.165) is 47.2 Å². The van der Waals surface area contributed by atoms with Crippen LogP contribution in [0.3, 0.4) is 0 Å². The van der Waals surface area contributed by atoms with Crippen molar-refractivity contribution in [1.82, 2.24) is 19.9 Å². The number of aryl methyl sites for hydroxylation is 1. The van der Waals surface area contributed by atoms with Gasteiger partial charge in [0.05, 0.1) is 17.4 Å². The molecular formula is C25H24ClN5O. The Morgan fingerprint density at radius 1 is 1.19 bits per heavy atom. The lowest BCUT2D eigenvalue weighted by molar-refractivity contribution is 0.296. The molecule has 2 aromatic carbocycles. The van der Waals surface area contributed by atoms with Gasteiger partial charge in [-0.2, -0.15) is 0 Å².